The summed E-state index contributed by atoms with van der Waals surface area (Å²) in [5.74, 6) is 0. The highest BCUT2D eigenvalue weighted by Gasteiger charge is 2.15. The molecule has 2 N–H and O–H groups in total. The summed E-state index contributed by atoms with van der Waals surface area (Å²) in [6, 6.07) is 5.19. The van der Waals surface area contributed by atoms with Gasteiger partial charge in [-0.3, -0.25) is 0 Å². The Morgan fingerprint density at radius 2 is 2.13 bits per heavy atom. The highest BCUT2D eigenvalue weighted by atomic mass is 35.5. The SMILES string of the molecule is CCC(N)C(F)Cc1ccc(Cl)c(C)c1. The fraction of sp³-hybridized carbons (Fsp3) is 0.500. The van der Waals surface area contributed by atoms with E-state index in [0.717, 1.165) is 11.1 Å². The van der Waals surface area contributed by atoms with E-state index in [9.17, 15) is 4.39 Å². The molecule has 84 valence electrons. The van der Waals surface area contributed by atoms with E-state index in [1.54, 1.807) is 6.07 Å². The van der Waals surface area contributed by atoms with Crippen molar-refractivity contribution in [1.82, 2.24) is 0 Å². The van der Waals surface area contributed by atoms with Crippen LogP contribution in [0.15, 0.2) is 18.2 Å². The van der Waals surface area contributed by atoms with Gasteiger partial charge in [-0.05, 0) is 30.5 Å². The molecule has 0 aliphatic carbocycles. The Hall–Kier alpha value is -0.600. The van der Waals surface area contributed by atoms with Crippen molar-refractivity contribution >= 4 is 11.6 Å². The molecule has 2 atom stereocenters. The van der Waals surface area contributed by atoms with Gasteiger partial charge in [0, 0.05) is 17.5 Å². The normalized spacial score (nSPS) is 15.0. The second kappa shape index (κ2) is 5.47. The van der Waals surface area contributed by atoms with E-state index < -0.39 is 6.17 Å². The van der Waals surface area contributed by atoms with E-state index in [0.29, 0.717) is 17.9 Å². The van der Waals surface area contributed by atoms with Crippen molar-refractivity contribution in [3.8, 4) is 0 Å². The first-order valence-corrected chi connectivity index (χ1v) is 5.57. The Kier molecular flexibility index (Phi) is 4.55. The third-order valence-electron chi connectivity index (χ3n) is 2.59. The van der Waals surface area contributed by atoms with Gasteiger partial charge < -0.3 is 5.73 Å². The lowest BCUT2D eigenvalue weighted by Crippen LogP contribution is -2.32. The van der Waals surface area contributed by atoms with Gasteiger partial charge >= 0.3 is 0 Å². The van der Waals surface area contributed by atoms with Crippen LogP contribution >= 0.6 is 11.6 Å². The summed E-state index contributed by atoms with van der Waals surface area (Å²) in [7, 11) is 0. The second-order valence-corrected chi connectivity index (χ2v) is 4.28. The fourth-order valence-corrected chi connectivity index (χ4v) is 1.58. The molecule has 0 fully saturated rings. The molecule has 0 amide bonds. The van der Waals surface area contributed by atoms with E-state index in [1.807, 2.05) is 26.0 Å². The van der Waals surface area contributed by atoms with Gasteiger partial charge in [0.15, 0.2) is 0 Å². The Morgan fingerprint density at radius 3 is 2.67 bits per heavy atom. The molecule has 0 aliphatic heterocycles. The van der Waals surface area contributed by atoms with Gasteiger partial charge in [-0.15, -0.1) is 0 Å². The van der Waals surface area contributed by atoms with Crippen molar-refractivity contribution in [2.75, 3.05) is 0 Å². The van der Waals surface area contributed by atoms with Crippen molar-refractivity contribution in [3.05, 3.63) is 34.3 Å². The first-order chi connectivity index (χ1) is 7.04. The van der Waals surface area contributed by atoms with Gasteiger partial charge in [0.05, 0.1) is 0 Å². The number of rotatable bonds is 4. The van der Waals surface area contributed by atoms with E-state index in [4.69, 9.17) is 17.3 Å². The van der Waals surface area contributed by atoms with Crippen LogP contribution < -0.4 is 5.73 Å². The summed E-state index contributed by atoms with van der Waals surface area (Å²) in [4.78, 5) is 0. The number of aryl methyl sites for hydroxylation is 1. The highest BCUT2D eigenvalue weighted by molar-refractivity contribution is 6.31. The molecule has 0 saturated heterocycles. The average molecular weight is 230 g/mol. The van der Waals surface area contributed by atoms with Crippen LogP contribution in [0.3, 0.4) is 0 Å². The van der Waals surface area contributed by atoms with Crippen LogP contribution in [0.4, 0.5) is 4.39 Å². The van der Waals surface area contributed by atoms with E-state index >= 15 is 0 Å². The third-order valence-corrected chi connectivity index (χ3v) is 3.01. The Balaban J connectivity index is 2.68. The van der Waals surface area contributed by atoms with Crippen molar-refractivity contribution in [2.24, 2.45) is 5.73 Å². The van der Waals surface area contributed by atoms with Crippen LogP contribution in [0, 0.1) is 6.92 Å². The zero-order valence-corrected chi connectivity index (χ0v) is 9.89. The Bertz CT molecular complexity index is 327. The molecule has 0 aliphatic rings. The smallest absolute Gasteiger partial charge is 0.119 e. The van der Waals surface area contributed by atoms with Gasteiger partial charge in [-0.1, -0.05) is 30.7 Å². The average Bonchev–Trinajstić information content (AvgIpc) is 2.22. The van der Waals surface area contributed by atoms with Crippen LogP contribution in [-0.2, 0) is 6.42 Å². The number of halogens is 2. The molecule has 0 spiro atoms. The molecular formula is C12H17ClFN. The lowest BCUT2D eigenvalue weighted by Gasteiger charge is -2.15. The van der Waals surface area contributed by atoms with Crippen molar-refractivity contribution in [3.63, 3.8) is 0 Å². The van der Waals surface area contributed by atoms with Gasteiger partial charge in [-0.25, -0.2) is 4.39 Å². The minimum Gasteiger partial charge on any atom is -0.325 e. The first-order valence-electron chi connectivity index (χ1n) is 5.19. The number of hydrogen-bond donors (Lipinski definition) is 1. The summed E-state index contributed by atoms with van der Waals surface area (Å²) in [5, 5.41) is 0.717. The molecule has 2 unspecified atom stereocenters. The van der Waals surface area contributed by atoms with Gasteiger partial charge in [0.25, 0.3) is 0 Å². The second-order valence-electron chi connectivity index (χ2n) is 3.88. The maximum absolute atomic E-state index is 13.6. The van der Waals surface area contributed by atoms with Gasteiger partial charge in [0.1, 0.15) is 6.17 Å². The topological polar surface area (TPSA) is 26.0 Å². The molecule has 0 heterocycles. The molecule has 1 aromatic rings. The minimum atomic E-state index is -0.976. The molecule has 1 nitrogen and oxygen atoms in total. The van der Waals surface area contributed by atoms with Gasteiger partial charge in [-0.2, -0.15) is 0 Å². The van der Waals surface area contributed by atoms with E-state index in [-0.39, 0.29) is 6.04 Å². The third kappa shape index (κ3) is 3.47. The molecule has 0 radical (unpaired) electrons. The Labute approximate surface area is 95.4 Å². The molecule has 0 bridgehead atoms. The highest BCUT2D eigenvalue weighted by Crippen LogP contribution is 2.18. The summed E-state index contributed by atoms with van der Waals surface area (Å²) in [6.45, 7) is 3.81. The maximum atomic E-state index is 13.6. The molecular weight excluding hydrogens is 213 g/mol. The molecule has 15 heavy (non-hydrogen) atoms. The van der Waals surface area contributed by atoms with Crippen LogP contribution in [0.2, 0.25) is 5.02 Å². The fourth-order valence-electron chi connectivity index (χ4n) is 1.47. The summed E-state index contributed by atoms with van der Waals surface area (Å²) in [6.07, 6.45) is 0.0522. The first kappa shape index (κ1) is 12.5. The summed E-state index contributed by atoms with van der Waals surface area (Å²) in [5.41, 5.74) is 7.56. The lowest BCUT2D eigenvalue weighted by molar-refractivity contribution is 0.275. The largest absolute Gasteiger partial charge is 0.325 e. The molecule has 1 aromatic carbocycles. The molecule has 1 rings (SSSR count). The molecule has 3 heteroatoms. The Morgan fingerprint density at radius 1 is 1.47 bits per heavy atom. The lowest BCUT2D eigenvalue weighted by atomic mass is 10.0. The number of nitrogens with two attached hydrogens (primary N) is 1. The predicted octanol–water partition coefficient (Wildman–Crippen LogP) is 3.27. The van der Waals surface area contributed by atoms with Crippen molar-refractivity contribution < 1.29 is 4.39 Å². The monoisotopic (exact) mass is 229 g/mol. The minimum absolute atomic E-state index is 0.368. The zero-order valence-electron chi connectivity index (χ0n) is 9.13. The quantitative estimate of drug-likeness (QED) is 0.843. The predicted molar refractivity (Wildman–Crippen MR) is 63.1 cm³/mol. The van der Waals surface area contributed by atoms with Crippen LogP contribution in [-0.4, -0.2) is 12.2 Å². The number of benzene rings is 1. The van der Waals surface area contributed by atoms with E-state index in [2.05, 4.69) is 0 Å². The maximum Gasteiger partial charge on any atom is 0.119 e. The number of alkyl halides is 1. The van der Waals surface area contributed by atoms with Gasteiger partial charge in [0.2, 0.25) is 0 Å². The molecule has 0 aromatic heterocycles. The zero-order chi connectivity index (χ0) is 11.4. The summed E-state index contributed by atoms with van der Waals surface area (Å²) >= 11 is 5.89. The molecule has 0 saturated carbocycles. The van der Waals surface area contributed by atoms with Crippen LogP contribution in [0.5, 0.6) is 0 Å². The van der Waals surface area contributed by atoms with Crippen molar-refractivity contribution in [1.29, 1.82) is 0 Å². The summed E-state index contributed by atoms with van der Waals surface area (Å²) < 4.78 is 13.6. The number of hydrogen-bond acceptors (Lipinski definition) is 1. The standard InChI is InChI=1S/C12H17ClFN/c1-3-12(15)11(14)7-9-4-5-10(13)8(2)6-9/h4-6,11-12H,3,7,15H2,1-2H3. The van der Waals surface area contributed by atoms with Crippen LogP contribution in [0.25, 0.3) is 0 Å². The van der Waals surface area contributed by atoms with E-state index in [1.165, 1.54) is 0 Å². The van der Waals surface area contributed by atoms with Crippen LogP contribution in [0.1, 0.15) is 24.5 Å². The van der Waals surface area contributed by atoms with Crippen molar-refractivity contribution in [2.45, 2.75) is 38.9 Å².